The van der Waals surface area contributed by atoms with Crippen LogP contribution in [0.3, 0.4) is 0 Å². The van der Waals surface area contributed by atoms with Gasteiger partial charge in [-0.1, -0.05) is 6.07 Å². The Morgan fingerprint density at radius 3 is 2.68 bits per heavy atom. The molecule has 0 saturated heterocycles. The van der Waals surface area contributed by atoms with Crippen molar-refractivity contribution in [2.24, 2.45) is 0 Å². The first-order chi connectivity index (χ1) is 10.5. The van der Waals surface area contributed by atoms with Crippen LogP contribution in [0.1, 0.15) is 36.4 Å². The molecule has 1 rings (SSSR count). The quantitative estimate of drug-likeness (QED) is 0.385. The third kappa shape index (κ3) is 6.82. The summed E-state index contributed by atoms with van der Waals surface area (Å²) in [4.78, 5) is 35.4. The van der Waals surface area contributed by atoms with Gasteiger partial charge in [0.05, 0.1) is 23.9 Å². The number of carbonyl (C=O) groups is 3. The second kappa shape index (κ2) is 10.1. The minimum Gasteiger partial charge on any atom is -0.466 e. The molecule has 1 unspecified atom stereocenters. The van der Waals surface area contributed by atoms with E-state index in [1.54, 1.807) is 19.1 Å². The highest BCUT2D eigenvalue weighted by molar-refractivity contribution is 7.12. The van der Waals surface area contributed by atoms with Crippen molar-refractivity contribution in [3.8, 4) is 0 Å². The number of carbonyl (C=O) groups excluding carboxylic acids is 3. The normalized spacial score (nSPS) is 11.7. The number of nitrogens with one attached hydrogen (secondary N) is 2. The molecular formula is C15H22N2O4S. The first-order valence-electron chi connectivity index (χ1n) is 7.25. The predicted octanol–water partition coefficient (Wildman–Crippen LogP) is 1.37. The molecule has 0 fully saturated rings. The van der Waals surface area contributed by atoms with Crippen LogP contribution in [-0.2, 0) is 14.3 Å². The van der Waals surface area contributed by atoms with Crippen LogP contribution in [0, 0.1) is 0 Å². The van der Waals surface area contributed by atoms with Crippen LogP contribution >= 0.6 is 11.3 Å². The fourth-order valence-corrected chi connectivity index (χ4v) is 2.58. The van der Waals surface area contributed by atoms with Gasteiger partial charge in [-0.25, -0.2) is 0 Å². The molecule has 1 atom stereocenters. The number of ether oxygens (including phenoxy) is 1. The fraction of sp³-hybridized carbons (Fsp3) is 0.533. The van der Waals surface area contributed by atoms with Crippen LogP contribution in [0.4, 0.5) is 0 Å². The zero-order valence-corrected chi connectivity index (χ0v) is 13.7. The summed E-state index contributed by atoms with van der Waals surface area (Å²) >= 11 is 1.35. The minimum atomic E-state index is -0.602. The minimum absolute atomic E-state index is 0.00467. The van der Waals surface area contributed by atoms with Gasteiger partial charge >= 0.3 is 5.97 Å². The van der Waals surface area contributed by atoms with Gasteiger partial charge in [0.25, 0.3) is 0 Å². The lowest BCUT2D eigenvalue weighted by atomic mass is 10.1. The van der Waals surface area contributed by atoms with E-state index in [1.807, 2.05) is 5.38 Å². The summed E-state index contributed by atoms with van der Waals surface area (Å²) < 4.78 is 4.91. The molecule has 7 heteroatoms. The molecule has 1 aromatic heterocycles. The summed E-state index contributed by atoms with van der Waals surface area (Å²) in [6.45, 7) is 4.54. The Balaban J connectivity index is 2.52. The summed E-state index contributed by atoms with van der Waals surface area (Å²) in [6, 6.07) is 2.94. The van der Waals surface area contributed by atoms with E-state index in [9.17, 15) is 14.4 Å². The molecule has 0 aliphatic rings. The van der Waals surface area contributed by atoms with Gasteiger partial charge in [-0.3, -0.25) is 14.4 Å². The molecule has 0 radical (unpaired) electrons. The van der Waals surface area contributed by atoms with Crippen LogP contribution in [-0.4, -0.2) is 43.4 Å². The van der Waals surface area contributed by atoms with Crippen molar-refractivity contribution in [1.29, 1.82) is 0 Å². The maximum Gasteiger partial charge on any atom is 0.307 e. The Hall–Kier alpha value is -1.73. The van der Waals surface area contributed by atoms with Crippen LogP contribution in [0.2, 0.25) is 0 Å². The summed E-state index contributed by atoms with van der Waals surface area (Å²) in [7, 11) is 0. The van der Waals surface area contributed by atoms with Crippen LogP contribution in [0.5, 0.6) is 0 Å². The molecule has 122 valence electrons. The summed E-state index contributed by atoms with van der Waals surface area (Å²) in [6.07, 6.45) is 0.682. The molecule has 0 aliphatic heterocycles. The molecule has 22 heavy (non-hydrogen) atoms. The molecule has 1 aromatic rings. The zero-order valence-electron chi connectivity index (χ0n) is 12.9. The Morgan fingerprint density at radius 1 is 1.32 bits per heavy atom. The van der Waals surface area contributed by atoms with Gasteiger partial charge < -0.3 is 15.4 Å². The standard InChI is InChI=1S/C15H22N2O4S/c1-3-21-14(19)10-12(15(20)13-6-4-9-22-13)17-8-5-7-16-11(2)18/h4,6,9,12,17H,3,5,7-8,10H2,1-2H3,(H,16,18). The van der Waals surface area contributed by atoms with Gasteiger partial charge in [-0.15, -0.1) is 11.3 Å². The molecule has 1 heterocycles. The molecule has 0 spiro atoms. The monoisotopic (exact) mass is 326 g/mol. The first kappa shape index (κ1) is 18.3. The van der Waals surface area contributed by atoms with Crippen LogP contribution in [0.15, 0.2) is 17.5 Å². The maximum atomic E-state index is 12.4. The third-order valence-corrected chi connectivity index (χ3v) is 3.76. The topological polar surface area (TPSA) is 84.5 Å². The number of Topliss-reactive ketones (excluding diaryl/α,β-unsaturated/α-hetero) is 1. The predicted molar refractivity (Wildman–Crippen MR) is 85.0 cm³/mol. The van der Waals surface area contributed by atoms with Gasteiger partial charge in [0.15, 0.2) is 5.78 Å². The number of thiophene rings is 1. The average Bonchev–Trinajstić information content (AvgIpc) is 2.99. The van der Waals surface area contributed by atoms with Gasteiger partial charge in [-0.05, 0) is 31.3 Å². The number of hydrogen-bond donors (Lipinski definition) is 2. The van der Waals surface area contributed by atoms with Crippen molar-refractivity contribution in [2.45, 2.75) is 32.7 Å². The third-order valence-electron chi connectivity index (χ3n) is 2.87. The van der Waals surface area contributed by atoms with E-state index in [0.717, 1.165) is 0 Å². The molecule has 0 aliphatic carbocycles. The molecule has 0 aromatic carbocycles. The first-order valence-corrected chi connectivity index (χ1v) is 8.13. The second-order valence-electron chi connectivity index (χ2n) is 4.69. The Morgan fingerprint density at radius 2 is 2.09 bits per heavy atom. The van der Waals surface area contributed by atoms with Crippen molar-refractivity contribution in [1.82, 2.24) is 10.6 Å². The Bertz CT molecular complexity index is 488. The summed E-state index contributed by atoms with van der Waals surface area (Å²) in [5, 5.41) is 7.58. The van der Waals surface area contributed by atoms with Gasteiger partial charge in [0.1, 0.15) is 0 Å². The van der Waals surface area contributed by atoms with E-state index in [1.165, 1.54) is 18.3 Å². The molecule has 1 amide bonds. The van der Waals surface area contributed by atoms with E-state index in [2.05, 4.69) is 10.6 Å². The largest absolute Gasteiger partial charge is 0.466 e. The van der Waals surface area contributed by atoms with Crippen molar-refractivity contribution in [3.63, 3.8) is 0 Å². The lowest BCUT2D eigenvalue weighted by Gasteiger charge is -2.16. The highest BCUT2D eigenvalue weighted by Crippen LogP contribution is 2.13. The number of hydrogen-bond acceptors (Lipinski definition) is 6. The lowest BCUT2D eigenvalue weighted by Crippen LogP contribution is -2.40. The van der Waals surface area contributed by atoms with E-state index >= 15 is 0 Å². The van der Waals surface area contributed by atoms with Crippen molar-refractivity contribution < 1.29 is 19.1 Å². The van der Waals surface area contributed by atoms with Gasteiger partial charge in [0.2, 0.25) is 5.91 Å². The van der Waals surface area contributed by atoms with E-state index < -0.39 is 12.0 Å². The van der Waals surface area contributed by atoms with Gasteiger partial charge in [0, 0.05) is 13.5 Å². The van der Waals surface area contributed by atoms with Crippen molar-refractivity contribution >= 4 is 29.0 Å². The lowest BCUT2D eigenvalue weighted by molar-refractivity contribution is -0.143. The molecule has 2 N–H and O–H groups in total. The highest BCUT2D eigenvalue weighted by atomic mass is 32.1. The molecule has 0 saturated carbocycles. The van der Waals surface area contributed by atoms with Gasteiger partial charge in [-0.2, -0.15) is 0 Å². The fourth-order valence-electron chi connectivity index (χ4n) is 1.86. The number of esters is 1. The van der Waals surface area contributed by atoms with Crippen molar-refractivity contribution in [2.75, 3.05) is 19.7 Å². The second-order valence-corrected chi connectivity index (χ2v) is 5.64. The molecular weight excluding hydrogens is 304 g/mol. The maximum absolute atomic E-state index is 12.4. The Kier molecular flexibility index (Phi) is 8.39. The van der Waals surface area contributed by atoms with Crippen LogP contribution in [0.25, 0.3) is 0 Å². The van der Waals surface area contributed by atoms with E-state index in [0.29, 0.717) is 31.0 Å². The zero-order chi connectivity index (χ0) is 16.4. The molecule has 0 bridgehead atoms. The van der Waals surface area contributed by atoms with Crippen molar-refractivity contribution in [3.05, 3.63) is 22.4 Å². The summed E-state index contributed by atoms with van der Waals surface area (Å²) in [5.41, 5.74) is 0. The smallest absolute Gasteiger partial charge is 0.307 e. The van der Waals surface area contributed by atoms with Crippen LogP contribution < -0.4 is 10.6 Å². The number of amides is 1. The van der Waals surface area contributed by atoms with E-state index in [-0.39, 0.29) is 18.1 Å². The summed E-state index contributed by atoms with van der Waals surface area (Å²) in [5.74, 6) is -0.591. The molecule has 6 nitrogen and oxygen atoms in total. The average molecular weight is 326 g/mol. The number of ketones is 1. The Labute approximate surface area is 134 Å². The SMILES string of the molecule is CCOC(=O)CC(NCCCNC(C)=O)C(=O)c1cccs1. The highest BCUT2D eigenvalue weighted by Gasteiger charge is 2.23. The number of rotatable bonds is 10. The van der Waals surface area contributed by atoms with E-state index in [4.69, 9.17) is 4.74 Å².